The molecule has 2 aromatic carbocycles. The average Bonchev–Trinajstić information content (AvgIpc) is 2.59. The number of methoxy groups -OCH3 is 1. The van der Waals surface area contributed by atoms with Gasteiger partial charge in [0.1, 0.15) is 11.6 Å². The Morgan fingerprint density at radius 3 is 2.52 bits per heavy atom. The second-order valence-corrected chi connectivity index (χ2v) is 5.35. The van der Waals surface area contributed by atoms with Gasteiger partial charge >= 0.3 is 17.1 Å². The highest BCUT2D eigenvalue weighted by Crippen LogP contribution is 2.18. The van der Waals surface area contributed by atoms with Gasteiger partial charge in [-0.15, -0.1) is 0 Å². The highest BCUT2D eigenvalue weighted by atomic mass is 19.1. The number of carboxylic acid groups (broad SMARTS) is 1. The molecule has 7 nitrogen and oxygen atoms in total. The lowest BCUT2D eigenvalue weighted by atomic mass is 10.1. The highest BCUT2D eigenvalue weighted by molar-refractivity contribution is 5.92. The van der Waals surface area contributed by atoms with Crippen LogP contribution in [0, 0.1) is 5.82 Å². The van der Waals surface area contributed by atoms with Crippen LogP contribution in [0.4, 0.5) is 4.39 Å². The van der Waals surface area contributed by atoms with E-state index in [2.05, 4.69) is 4.98 Å². The van der Waals surface area contributed by atoms with Crippen LogP contribution in [0.5, 0.6) is 5.75 Å². The molecule has 0 aliphatic heterocycles. The van der Waals surface area contributed by atoms with E-state index in [-0.39, 0.29) is 17.6 Å². The van der Waals surface area contributed by atoms with Crippen molar-refractivity contribution in [1.82, 2.24) is 9.55 Å². The Bertz CT molecular complexity index is 1080. The minimum absolute atomic E-state index is 0.0229. The van der Waals surface area contributed by atoms with Crippen molar-refractivity contribution in [2.45, 2.75) is 6.54 Å². The third-order valence-corrected chi connectivity index (χ3v) is 3.79. The molecule has 0 unspecified atom stereocenters. The highest BCUT2D eigenvalue weighted by Gasteiger charge is 2.16. The van der Waals surface area contributed by atoms with Gasteiger partial charge in [-0.3, -0.25) is 14.2 Å². The summed E-state index contributed by atoms with van der Waals surface area (Å²) >= 11 is 0. The second kappa shape index (κ2) is 6.23. The predicted octanol–water partition coefficient (Wildman–Crippen LogP) is 1.58. The summed E-state index contributed by atoms with van der Waals surface area (Å²) in [5, 5.41) is 8.99. The van der Waals surface area contributed by atoms with Crippen LogP contribution < -0.4 is 15.9 Å². The number of halogens is 1. The van der Waals surface area contributed by atoms with Crippen molar-refractivity contribution in [2.75, 3.05) is 7.11 Å². The molecule has 3 aromatic rings. The quantitative estimate of drug-likeness (QED) is 0.700. The number of hydrogen-bond acceptors (Lipinski definition) is 4. The Kier molecular flexibility index (Phi) is 4.10. The molecule has 0 atom stereocenters. The van der Waals surface area contributed by atoms with Crippen LogP contribution in [0.3, 0.4) is 0 Å². The number of H-pyrrole nitrogens is 1. The van der Waals surface area contributed by atoms with Gasteiger partial charge in [0.2, 0.25) is 0 Å². The molecule has 1 heterocycles. The molecular weight excluding hydrogens is 331 g/mol. The lowest BCUT2D eigenvalue weighted by molar-refractivity contribution is 0.0692. The van der Waals surface area contributed by atoms with Gasteiger partial charge in [0.15, 0.2) is 0 Å². The molecule has 3 rings (SSSR count). The molecule has 2 N–H and O–H groups in total. The van der Waals surface area contributed by atoms with E-state index < -0.39 is 28.5 Å². The topological polar surface area (TPSA) is 101 Å². The number of benzene rings is 2. The number of rotatable bonds is 4. The summed E-state index contributed by atoms with van der Waals surface area (Å²) in [6, 6.07) is 8.73. The van der Waals surface area contributed by atoms with E-state index in [4.69, 9.17) is 9.84 Å². The monoisotopic (exact) mass is 344 g/mol. The largest absolute Gasteiger partial charge is 0.497 e. The Morgan fingerprint density at radius 1 is 1.24 bits per heavy atom. The maximum absolute atomic E-state index is 14.0. The van der Waals surface area contributed by atoms with Crippen LogP contribution in [-0.4, -0.2) is 27.7 Å². The molecule has 0 fully saturated rings. The van der Waals surface area contributed by atoms with Crippen LogP contribution in [-0.2, 0) is 6.54 Å². The summed E-state index contributed by atoms with van der Waals surface area (Å²) in [4.78, 5) is 37.4. The molecular formula is C17H13FN2O5. The predicted molar refractivity (Wildman–Crippen MR) is 87.8 cm³/mol. The zero-order valence-corrected chi connectivity index (χ0v) is 13.1. The summed E-state index contributed by atoms with van der Waals surface area (Å²) in [6.45, 7) is 0.0229. The van der Waals surface area contributed by atoms with Gasteiger partial charge in [-0.05, 0) is 23.8 Å². The number of carboxylic acids is 1. The first-order chi connectivity index (χ1) is 11.9. The Hall–Kier alpha value is -3.42. The smallest absolute Gasteiger partial charge is 0.338 e. The van der Waals surface area contributed by atoms with Crippen molar-refractivity contribution < 1.29 is 19.0 Å². The number of hydrogen-bond donors (Lipinski definition) is 2. The zero-order chi connectivity index (χ0) is 18.1. The van der Waals surface area contributed by atoms with E-state index in [1.807, 2.05) is 0 Å². The first-order valence-corrected chi connectivity index (χ1v) is 7.23. The molecule has 0 radical (unpaired) electrons. The lowest BCUT2D eigenvalue weighted by Gasteiger charge is -2.11. The summed E-state index contributed by atoms with van der Waals surface area (Å²) in [7, 11) is 1.52. The van der Waals surface area contributed by atoms with Gasteiger partial charge in [0.25, 0.3) is 0 Å². The molecule has 25 heavy (non-hydrogen) atoms. The number of carbonyl (C=O) groups is 1. The number of nitrogens with zero attached hydrogens (tertiary/aromatic N) is 1. The van der Waals surface area contributed by atoms with Gasteiger partial charge in [0.05, 0.1) is 30.3 Å². The van der Waals surface area contributed by atoms with Crippen molar-refractivity contribution in [3.63, 3.8) is 0 Å². The number of fused-ring (bicyclic) bond motifs is 1. The maximum Gasteiger partial charge on any atom is 0.338 e. The van der Waals surface area contributed by atoms with Crippen LogP contribution in [0.15, 0.2) is 46.0 Å². The van der Waals surface area contributed by atoms with E-state index in [1.165, 1.54) is 7.11 Å². The number of aromatic amines is 1. The summed E-state index contributed by atoms with van der Waals surface area (Å²) < 4.78 is 20.2. The van der Waals surface area contributed by atoms with Gasteiger partial charge in [-0.25, -0.2) is 9.18 Å². The van der Waals surface area contributed by atoms with E-state index in [9.17, 15) is 18.8 Å². The number of aromatic nitrogens is 2. The standard InChI is InChI=1S/C17H13FN2O5/c1-25-10-4-2-9(3-5-10)8-20-14-7-12(18)11(17(23)24)6-13(14)19-15(21)16(20)22/h2-7H,8H2,1H3,(H,19,21)(H,23,24). The van der Waals surface area contributed by atoms with E-state index >= 15 is 0 Å². The molecule has 0 amide bonds. The van der Waals surface area contributed by atoms with Gasteiger partial charge < -0.3 is 14.8 Å². The SMILES string of the molecule is COc1ccc(Cn2c(=O)c(=O)[nH]c3cc(C(=O)O)c(F)cc32)cc1. The minimum atomic E-state index is -1.46. The fraction of sp³-hybridized carbons (Fsp3) is 0.118. The van der Waals surface area contributed by atoms with Gasteiger partial charge in [-0.2, -0.15) is 0 Å². The average molecular weight is 344 g/mol. The third-order valence-electron chi connectivity index (χ3n) is 3.79. The molecule has 0 bridgehead atoms. The maximum atomic E-state index is 14.0. The van der Waals surface area contributed by atoms with Gasteiger partial charge in [0, 0.05) is 6.07 Å². The van der Waals surface area contributed by atoms with Crippen LogP contribution >= 0.6 is 0 Å². The van der Waals surface area contributed by atoms with E-state index in [1.54, 1.807) is 24.3 Å². The van der Waals surface area contributed by atoms with Crippen LogP contribution in [0.2, 0.25) is 0 Å². The lowest BCUT2D eigenvalue weighted by Crippen LogP contribution is -2.36. The molecule has 0 saturated heterocycles. The van der Waals surface area contributed by atoms with Crippen LogP contribution in [0.1, 0.15) is 15.9 Å². The number of aromatic carboxylic acids is 1. The minimum Gasteiger partial charge on any atom is -0.497 e. The van der Waals surface area contributed by atoms with E-state index in [0.717, 1.165) is 16.7 Å². The first-order valence-electron chi connectivity index (χ1n) is 7.23. The van der Waals surface area contributed by atoms with Crippen molar-refractivity contribution in [1.29, 1.82) is 0 Å². The number of nitrogens with one attached hydrogen (secondary N) is 1. The van der Waals surface area contributed by atoms with E-state index in [0.29, 0.717) is 11.3 Å². The molecule has 8 heteroatoms. The van der Waals surface area contributed by atoms with Crippen molar-refractivity contribution >= 4 is 17.0 Å². The second-order valence-electron chi connectivity index (χ2n) is 5.35. The number of ether oxygens (including phenoxy) is 1. The summed E-state index contributed by atoms with van der Waals surface area (Å²) in [5.41, 5.74) is -1.50. The van der Waals surface area contributed by atoms with Gasteiger partial charge in [-0.1, -0.05) is 12.1 Å². The normalized spacial score (nSPS) is 10.8. The van der Waals surface area contributed by atoms with Crippen molar-refractivity contribution in [2.24, 2.45) is 0 Å². The fourth-order valence-electron chi connectivity index (χ4n) is 2.53. The molecule has 0 spiro atoms. The Morgan fingerprint density at radius 2 is 1.92 bits per heavy atom. The van der Waals surface area contributed by atoms with Crippen LogP contribution in [0.25, 0.3) is 11.0 Å². The molecule has 0 saturated carbocycles. The zero-order valence-electron chi connectivity index (χ0n) is 13.1. The molecule has 0 aliphatic carbocycles. The Balaban J connectivity index is 2.20. The van der Waals surface area contributed by atoms with Crippen molar-refractivity contribution in [3.05, 3.63) is 74.0 Å². The summed E-state index contributed by atoms with van der Waals surface area (Å²) in [6.07, 6.45) is 0. The molecule has 0 aliphatic rings. The molecule has 128 valence electrons. The fourth-order valence-corrected chi connectivity index (χ4v) is 2.53. The molecule has 1 aromatic heterocycles. The third kappa shape index (κ3) is 3.01. The summed E-state index contributed by atoms with van der Waals surface area (Å²) in [5.74, 6) is -1.83. The first kappa shape index (κ1) is 16.4. The van der Waals surface area contributed by atoms with Crippen molar-refractivity contribution in [3.8, 4) is 5.75 Å². The Labute approximate surface area is 139 Å².